The summed E-state index contributed by atoms with van der Waals surface area (Å²) in [5.74, 6) is 0.185. The van der Waals surface area contributed by atoms with Crippen LogP contribution in [0.15, 0.2) is 0 Å². The van der Waals surface area contributed by atoms with E-state index in [0.717, 1.165) is 39.0 Å². The molecule has 0 aromatic rings. The number of hydrogen-bond acceptors (Lipinski definition) is 4. The van der Waals surface area contributed by atoms with E-state index in [1.54, 1.807) is 0 Å². The topological polar surface area (TPSA) is 44.8 Å². The van der Waals surface area contributed by atoms with Gasteiger partial charge in [0.05, 0.1) is 13.2 Å². The summed E-state index contributed by atoms with van der Waals surface area (Å²) < 4.78 is 5.36. The minimum Gasteiger partial charge on any atom is -0.378 e. The zero-order valence-electron chi connectivity index (χ0n) is 11.5. The third-order valence-electron chi connectivity index (χ3n) is 4.12. The molecule has 1 amide bonds. The van der Waals surface area contributed by atoms with Crippen LogP contribution in [0.3, 0.4) is 0 Å². The molecular weight excluding hydrogens is 230 g/mol. The number of nitrogens with one attached hydrogen (secondary N) is 1. The number of rotatable bonds is 3. The van der Waals surface area contributed by atoms with Gasteiger partial charge in [0.2, 0.25) is 5.91 Å². The number of likely N-dealkylation sites (tertiary alicyclic amines) is 1. The normalized spacial score (nSPS) is 27.1. The van der Waals surface area contributed by atoms with E-state index >= 15 is 0 Å². The lowest BCUT2D eigenvalue weighted by Crippen LogP contribution is -2.55. The van der Waals surface area contributed by atoms with E-state index in [-0.39, 0.29) is 11.9 Å². The molecule has 1 atom stereocenters. The summed E-state index contributed by atoms with van der Waals surface area (Å²) in [4.78, 5) is 16.7. The monoisotopic (exact) mass is 255 g/mol. The van der Waals surface area contributed by atoms with Crippen molar-refractivity contribution in [2.24, 2.45) is 0 Å². The van der Waals surface area contributed by atoms with Gasteiger partial charge >= 0.3 is 0 Å². The van der Waals surface area contributed by atoms with Crippen molar-refractivity contribution in [3.8, 4) is 0 Å². The second-order valence-corrected chi connectivity index (χ2v) is 5.20. The Balaban J connectivity index is 1.83. The maximum Gasteiger partial charge on any atom is 0.242 e. The summed E-state index contributed by atoms with van der Waals surface area (Å²) in [7, 11) is 1.94. The highest BCUT2D eigenvalue weighted by Crippen LogP contribution is 2.16. The first kappa shape index (κ1) is 13.8. The first-order valence-electron chi connectivity index (χ1n) is 7.02. The number of carbonyl (C=O) groups excluding carboxylic acids is 1. The van der Waals surface area contributed by atoms with E-state index in [0.29, 0.717) is 19.3 Å². The molecule has 2 heterocycles. The molecule has 0 aromatic carbocycles. The van der Waals surface area contributed by atoms with E-state index < -0.39 is 0 Å². The minimum atomic E-state index is -0.145. The zero-order chi connectivity index (χ0) is 13.0. The van der Waals surface area contributed by atoms with Crippen LogP contribution < -0.4 is 5.32 Å². The van der Waals surface area contributed by atoms with Crippen molar-refractivity contribution in [3.05, 3.63) is 0 Å². The summed E-state index contributed by atoms with van der Waals surface area (Å²) in [5, 5.41) is 3.23. The Bertz CT molecular complexity index is 271. The zero-order valence-corrected chi connectivity index (χ0v) is 11.5. The summed E-state index contributed by atoms with van der Waals surface area (Å²) in [6.07, 6.45) is 2.17. The largest absolute Gasteiger partial charge is 0.378 e. The number of ether oxygens (including phenoxy) is 1. The fourth-order valence-electron chi connectivity index (χ4n) is 2.77. The molecule has 2 aliphatic rings. The molecule has 2 saturated heterocycles. The molecule has 5 heteroatoms. The van der Waals surface area contributed by atoms with Crippen LogP contribution in [0.1, 0.15) is 19.8 Å². The van der Waals surface area contributed by atoms with Gasteiger partial charge in [0.1, 0.15) is 6.04 Å². The highest BCUT2D eigenvalue weighted by atomic mass is 16.5. The van der Waals surface area contributed by atoms with Crippen LogP contribution in [0.2, 0.25) is 0 Å². The molecular formula is C13H25N3O2. The Hall–Kier alpha value is -0.650. The van der Waals surface area contributed by atoms with Crippen molar-refractivity contribution in [2.75, 3.05) is 46.4 Å². The fraction of sp³-hybridized carbons (Fsp3) is 0.923. The van der Waals surface area contributed by atoms with Crippen molar-refractivity contribution in [1.82, 2.24) is 15.1 Å². The van der Waals surface area contributed by atoms with Crippen LogP contribution in [0, 0.1) is 0 Å². The van der Waals surface area contributed by atoms with E-state index in [1.807, 2.05) is 11.9 Å². The molecule has 0 bridgehead atoms. The number of amides is 1. The van der Waals surface area contributed by atoms with Crippen molar-refractivity contribution in [2.45, 2.75) is 31.8 Å². The van der Waals surface area contributed by atoms with Gasteiger partial charge in [0, 0.05) is 32.7 Å². The highest BCUT2D eigenvalue weighted by molar-refractivity contribution is 5.82. The fourth-order valence-corrected chi connectivity index (χ4v) is 2.77. The Kier molecular flexibility index (Phi) is 4.97. The molecule has 2 rings (SSSR count). The molecule has 0 radical (unpaired) electrons. The molecule has 1 unspecified atom stereocenters. The predicted molar refractivity (Wildman–Crippen MR) is 70.5 cm³/mol. The smallest absolute Gasteiger partial charge is 0.242 e. The van der Waals surface area contributed by atoms with Crippen molar-refractivity contribution < 1.29 is 9.53 Å². The van der Waals surface area contributed by atoms with Crippen LogP contribution in [-0.2, 0) is 9.53 Å². The lowest BCUT2D eigenvalue weighted by molar-refractivity contribution is -0.138. The van der Waals surface area contributed by atoms with Gasteiger partial charge in [-0.25, -0.2) is 0 Å². The van der Waals surface area contributed by atoms with Crippen LogP contribution in [0.5, 0.6) is 0 Å². The van der Waals surface area contributed by atoms with Gasteiger partial charge in [-0.05, 0) is 19.4 Å². The molecule has 5 nitrogen and oxygen atoms in total. The maximum absolute atomic E-state index is 12.3. The van der Waals surface area contributed by atoms with Crippen LogP contribution in [0.4, 0.5) is 0 Å². The Morgan fingerprint density at radius 1 is 1.44 bits per heavy atom. The number of piperidine rings is 1. The third kappa shape index (κ3) is 3.22. The van der Waals surface area contributed by atoms with E-state index in [4.69, 9.17) is 4.74 Å². The molecule has 0 aliphatic carbocycles. The van der Waals surface area contributed by atoms with Crippen LogP contribution >= 0.6 is 0 Å². The summed E-state index contributed by atoms with van der Waals surface area (Å²) >= 11 is 0. The van der Waals surface area contributed by atoms with E-state index in [9.17, 15) is 4.79 Å². The van der Waals surface area contributed by atoms with Gasteiger partial charge in [-0.15, -0.1) is 0 Å². The number of morpholine rings is 1. The molecule has 18 heavy (non-hydrogen) atoms. The van der Waals surface area contributed by atoms with Gasteiger partial charge < -0.3 is 19.9 Å². The number of carbonyl (C=O) groups is 1. The van der Waals surface area contributed by atoms with Crippen molar-refractivity contribution in [1.29, 1.82) is 0 Å². The number of likely N-dealkylation sites (N-methyl/N-ethyl adjacent to an activating group) is 1. The highest BCUT2D eigenvalue weighted by Gasteiger charge is 2.30. The lowest BCUT2D eigenvalue weighted by Gasteiger charge is -2.38. The Labute approximate surface area is 109 Å². The maximum atomic E-state index is 12.3. The standard InChI is InChI=1S/C13H25N3O2/c1-3-16-7-4-11(5-8-16)15(2)13(17)12-10-18-9-6-14-12/h11-12,14H,3-10H2,1-2H3. The van der Waals surface area contributed by atoms with Crippen molar-refractivity contribution in [3.63, 3.8) is 0 Å². The first-order valence-corrected chi connectivity index (χ1v) is 7.02. The van der Waals surface area contributed by atoms with Gasteiger partial charge in [0.15, 0.2) is 0 Å². The van der Waals surface area contributed by atoms with Gasteiger partial charge in [-0.1, -0.05) is 6.92 Å². The molecule has 0 saturated carbocycles. The minimum absolute atomic E-state index is 0.145. The first-order chi connectivity index (χ1) is 8.72. The molecule has 104 valence electrons. The van der Waals surface area contributed by atoms with Gasteiger partial charge in [-0.3, -0.25) is 4.79 Å². The molecule has 2 aliphatic heterocycles. The Morgan fingerprint density at radius 3 is 2.72 bits per heavy atom. The molecule has 2 fully saturated rings. The SMILES string of the molecule is CCN1CCC(N(C)C(=O)C2COCCN2)CC1. The molecule has 1 N–H and O–H groups in total. The predicted octanol–water partition coefficient (Wildman–Crippen LogP) is -0.0825. The summed E-state index contributed by atoms with van der Waals surface area (Å²) in [6.45, 7) is 7.51. The molecule has 0 spiro atoms. The van der Waals surface area contributed by atoms with Crippen molar-refractivity contribution >= 4 is 5.91 Å². The van der Waals surface area contributed by atoms with Gasteiger partial charge in [0.25, 0.3) is 0 Å². The second kappa shape index (κ2) is 6.50. The van der Waals surface area contributed by atoms with E-state index in [2.05, 4.69) is 17.1 Å². The van der Waals surface area contributed by atoms with Crippen LogP contribution in [0.25, 0.3) is 0 Å². The van der Waals surface area contributed by atoms with E-state index in [1.165, 1.54) is 0 Å². The second-order valence-electron chi connectivity index (χ2n) is 5.20. The third-order valence-corrected chi connectivity index (χ3v) is 4.12. The summed E-state index contributed by atoms with van der Waals surface area (Å²) in [5.41, 5.74) is 0. The van der Waals surface area contributed by atoms with Gasteiger partial charge in [-0.2, -0.15) is 0 Å². The number of nitrogens with zero attached hydrogens (tertiary/aromatic N) is 2. The number of hydrogen-bond donors (Lipinski definition) is 1. The summed E-state index contributed by atoms with van der Waals surface area (Å²) in [6, 6.07) is 0.247. The average molecular weight is 255 g/mol. The molecule has 0 aromatic heterocycles. The van der Waals surface area contributed by atoms with Crippen LogP contribution in [-0.4, -0.2) is 74.2 Å². The average Bonchev–Trinajstić information content (AvgIpc) is 2.47. The lowest BCUT2D eigenvalue weighted by atomic mass is 10.0. The quantitative estimate of drug-likeness (QED) is 0.766. The Morgan fingerprint density at radius 2 is 2.17 bits per heavy atom.